The lowest BCUT2D eigenvalue weighted by atomic mass is 10.1. The summed E-state index contributed by atoms with van der Waals surface area (Å²) in [6, 6.07) is 13.6. The lowest BCUT2D eigenvalue weighted by Gasteiger charge is -2.01. The summed E-state index contributed by atoms with van der Waals surface area (Å²) in [4.78, 5) is 7.41. The molecule has 1 N–H and O–H groups in total. The lowest BCUT2D eigenvalue weighted by molar-refractivity contribution is 0.106. The van der Waals surface area contributed by atoms with Crippen molar-refractivity contribution in [3.8, 4) is 11.8 Å². The SMILES string of the molecule is FCCOCc1ccc(C#Cc2cc3cccnc3[nH]2)cc1. The van der Waals surface area contributed by atoms with Gasteiger partial charge in [0.1, 0.15) is 12.3 Å². The fraction of sp³-hybridized carbons (Fsp3) is 0.167. The second-order valence-corrected chi connectivity index (χ2v) is 4.81. The monoisotopic (exact) mass is 294 g/mol. The van der Waals surface area contributed by atoms with E-state index in [4.69, 9.17) is 4.74 Å². The van der Waals surface area contributed by atoms with Crippen molar-refractivity contribution in [3.63, 3.8) is 0 Å². The van der Waals surface area contributed by atoms with Crippen molar-refractivity contribution in [3.05, 3.63) is 65.5 Å². The van der Waals surface area contributed by atoms with Crippen LogP contribution in [0.5, 0.6) is 0 Å². The molecule has 0 saturated heterocycles. The van der Waals surface area contributed by atoms with E-state index in [1.54, 1.807) is 6.20 Å². The number of ether oxygens (including phenoxy) is 1. The molecule has 0 bridgehead atoms. The van der Waals surface area contributed by atoms with Crippen LogP contribution in [0, 0.1) is 11.8 Å². The summed E-state index contributed by atoms with van der Waals surface area (Å²) in [5.74, 6) is 6.20. The Labute approximate surface area is 128 Å². The largest absolute Gasteiger partial charge is 0.374 e. The normalized spacial score (nSPS) is 10.4. The molecular formula is C18H15FN2O. The zero-order valence-electron chi connectivity index (χ0n) is 12.0. The second-order valence-electron chi connectivity index (χ2n) is 4.81. The van der Waals surface area contributed by atoms with Crippen LogP contribution in [0.1, 0.15) is 16.8 Å². The molecular weight excluding hydrogens is 279 g/mol. The van der Waals surface area contributed by atoms with Crippen LogP contribution in [0.4, 0.5) is 4.39 Å². The molecule has 3 rings (SSSR count). The van der Waals surface area contributed by atoms with E-state index in [0.717, 1.165) is 27.9 Å². The van der Waals surface area contributed by atoms with Crippen LogP contribution in [0.25, 0.3) is 11.0 Å². The van der Waals surface area contributed by atoms with Gasteiger partial charge in [-0.15, -0.1) is 0 Å². The Hall–Kier alpha value is -2.64. The van der Waals surface area contributed by atoms with Crippen molar-refractivity contribution < 1.29 is 9.13 Å². The number of aromatic amines is 1. The van der Waals surface area contributed by atoms with Crippen molar-refractivity contribution >= 4 is 11.0 Å². The minimum atomic E-state index is -0.455. The minimum absolute atomic E-state index is 0.135. The van der Waals surface area contributed by atoms with Crippen LogP contribution in [0.15, 0.2) is 48.7 Å². The van der Waals surface area contributed by atoms with Crippen molar-refractivity contribution in [1.29, 1.82) is 0 Å². The molecule has 22 heavy (non-hydrogen) atoms. The lowest BCUT2D eigenvalue weighted by Crippen LogP contribution is -1.96. The number of rotatable bonds is 4. The first-order valence-electron chi connectivity index (χ1n) is 7.03. The maximum Gasteiger partial charge on any atom is 0.138 e. The first-order valence-corrected chi connectivity index (χ1v) is 7.03. The summed E-state index contributed by atoms with van der Waals surface area (Å²) in [6.45, 7) is 0.101. The number of hydrogen-bond donors (Lipinski definition) is 1. The van der Waals surface area contributed by atoms with Crippen LogP contribution in [0.3, 0.4) is 0 Å². The maximum absolute atomic E-state index is 11.9. The molecule has 2 aromatic heterocycles. The van der Waals surface area contributed by atoms with E-state index in [-0.39, 0.29) is 6.61 Å². The molecule has 0 aliphatic rings. The molecule has 0 atom stereocenters. The Morgan fingerprint density at radius 2 is 2.00 bits per heavy atom. The standard InChI is InChI=1S/C18H15FN2O/c19-9-11-22-13-15-5-3-14(4-6-15)7-8-17-12-16-2-1-10-20-18(16)21-17/h1-6,10,12H,9,11,13H2,(H,20,21). The summed E-state index contributed by atoms with van der Waals surface area (Å²) >= 11 is 0. The Kier molecular flexibility index (Phi) is 4.47. The number of fused-ring (bicyclic) bond motifs is 1. The average Bonchev–Trinajstić information content (AvgIpc) is 2.97. The van der Waals surface area contributed by atoms with Gasteiger partial charge in [0.05, 0.1) is 18.9 Å². The summed E-state index contributed by atoms with van der Waals surface area (Å²) < 4.78 is 17.1. The predicted octanol–water partition coefficient (Wildman–Crippen LogP) is 3.45. The van der Waals surface area contributed by atoms with E-state index in [2.05, 4.69) is 21.8 Å². The van der Waals surface area contributed by atoms with Gasteiger partial charge in [0.2, 0.25) is 0 Å². The van der Waals surface area contributed by atoms with E-state index in [1.165, 1.54) is 0 Å². The van der Waals surface area contributed by atoms with Gasteiger partial charge in [-0.2, -0.15) is 0 Å². The number of H-pyrrole nitrogens is 1. The van der Waals surface area contributed by atoms with Gasteiger partial charge < -0.3 is 9.72 Å². The quantitative estimate of drug-likeness (QED) is 0.591. The molecule has 4 heteroatoms. The zero-order valence-corrected chi connectivity index (χ0v) is 12.0. The van der Waals surface area contributed by atoms with Gasteiger partial charge in [-0.25, -0.2) is 9.37 Å². The molecule has 0 spiro atoms. The van der Waals surface area contributed by atoms with Crippen molar-refractivity contribution in [2.75, 3.05) is 13.3 Å². The van der Waals surface area contributed by atoms with Gasteiger partial charge in [0.25, 0.3) is 0 Å². The number of pyridine rings is 1. The molecule has 2 heterocycles. The van der Waals surface area contributed by atoms with Gasteiger partial charge in [0.15, 0.2) is 0 Å². The topological polar surface area (TPSA) is 37.9 Å². The maximum atomic E-state index is 11.9. The van der Waals surface area contributed by atoms with E-state index in [9.17, 15) is 4.39 Å². The van der Waals surface area contributed by atoms with Crippen LogP contribution in [-0.2, 0) is 11.3 Å². The number of nitrogens with zero attached hydrogens (tertiary/aromatic N) is 1. The molecule has 3 aromatic rings. The number of hydrogen-bond acceptors (Lipinski definition) is 2. The van der Waals surface area contributed by atoms with Crippen LogP contribution in [-0.4, -0.2) is 23.2 Å². The molecule has 0 aliphatic heterocycles. The van der Waals surface area contributed by atoms with E-state index < -0.39 is 6.67 Å². The Morgan fingerprint density at radius 1 is 1.14 bits per heavy atom. The fourth-order valence-corrected chi connectivity index (χ4v) is 2.09. The molecule has 1 aromatic carbocycles. The Morgan fingerprint density at radius 3 is 2.77 bits per heavy atom. The smallest absolute Gasteiger partial charge is 0.138 e. The fourth-order valence-electron chi connectivity index (χ4n) is 2.09. The molecule has 110 valence electrons. The number of nitrogens with one attached hydrogen (secondary N) is 1. The summed E-state index contributed by atoms with van der Waals surface area (Å²) in [5, 5.41) is 1.05. The van der Waals surface area contributed by atoms with E-state index in [0.29, 0.717) is 6.61 Å². The molecule has 3 nitrogen and oxygen atoms in total. The molecule has 0 saturated carbocycles. The highest BCUT2D eigenvalue weighted by atomic mass is 19.1. The van der Waals surface area contributed by atoms with E-state index >= 15 is 0 Å². The predicted molar refractivity (Wildman–Crippen MR) is 84.1 cm³/mol. The minimum Gasteiger partial charge on any atom is -0.374 e. The highest BCUT2D eigenvalue weighted by molar-refractivity contribution is 5.77. The zero-order chi connectivity index (χ0) is 15.2. The van der Waals surface area contributed by atoms with Gasteiger partial charge in [-0.1, -0.05) is 18.1 Å². The molecule has 0 amide bonds. The third-order valence-electron chi connectivity index (χ3n) is 3.18. The summed E-state index contributed by atoms with van der Waals surface area (Å²) in [7, 11) is 0. The number of aromatic nitrogens is 2. The second kappa shape index (κ2) is 6.88. The van der Waals surface area contributed by atoms with E-state index in [1.807, 2.05) is 42.5 Å². The van der Waals surface area contributed by atoms with Crippen LogP contribution in [0.2, 0.25) is 0 Å². The number of benzene rings is 1. The number of alkyl halides is 1. The van der Waals surface area contributed by atoms with Crippen molar-refractivity contribution in [1.82, 2.24) is 9.97 Å². The molecule has 0 unspecified atom stereocenters. The highest BCUT2D eigenvalue weighted by Gasteiger charge is 1.98. The van der Waals surface area contributed by atoms with Gasteiger partial charge in [0, 0.05) is 17.1 Å². The first-order chi connectivity index (χ1) is 10.8. The van der Waals surface area contributed by atoms with Crippen LogP contribution < -0.4 is 0 Å². The Bertz CT molecular complexity index is 779. The summed E-state index contributed by atoms with van der Waals surface area (Å²) in [5.41, 5.74) is 3.60. The molecule has 0 radical (unpaired) electrons. The van der Waals surface area contributed by atoms with Crippen molar-refractivity contribution in [2.24, 2.45) is 0 Å². The van der Waals surface area contributed by atoms with Crippen LogP contribution >= 0.6 is 0 Å². The third kappa shape index (κ3) is 3.51. The third-order valence-corrected chi connectivity index (χ3v) is 3.18. The van der Waals surface area contributed by atoms with Gasteiger partial charge in [-0.3, -0.25) is 0 Å². The average molecular weight is 294 g/mol. The van der Waals surface area contributed by atoms with Gasteiger partial charge in [-0.05, 0) is 41.8 Å². The highest BCUT2D eigenvalue weighted by Crippen LogP contribution is 2.11. The van der Waals surface area contributed by atoms with Crippen molar-refractivity contribution in [2.45, 2.75) is 6.61 Å². The Balaban J connectivity index is 1.70. The molecule has 0 aliphatic carbocycles. The van der Waals surface area contributed by atoms with Gasteiger partial charge >= 0.3 is 0 Å². The first kappa shape index (κ1) is 14.3. The summed E-state index contributed by atoms with van der Waals surface area (Å²) in [6.07, 6.45) is 1.75. The number of halogens is 1. The molecule has 0 fully saturated rings.